The Morgan fingerprint density at radius 1 is 1.38 bits per heavy atom. The van der Waals surface area contributed by atoms with Crippen LogP contribution in [0.25, 0.3) is 0 Å². The van der Waals surface area contributed by atoms with Gasteiger partial charge in [0.2, 0.25) is 10.0 Å². The highest BCUT2D eigenvalue weighted by molar-refractivity contribution is 14.0. The SMILES string of the molecule is CCS(=O)(=O)NCCNC(=NC)N1CCSC(C)(C)C1.I. The minimum atomic E-state index is -3.11. The maximum absolute atomic E-state index is 11.3. The van der Waals surface area contributed by atoms with Crippen LogP contribution in [0.3, 0.4) is 0 Å². The van der Waals surface area contributed by atoms with E-state index in [9.17, 15) is 8.42 Å². The molecule has 0 aromatic carbocycles. The summed E-state index contributed by atoms with van der Waals surface area (Å²) < 4.78 is 25.4. The van der Waals surface area contributed by atoms with Gasteiger partial charge in [0.15, 0.2) is 5.96 Å². The van der Waals surface area contributed by atoms with Crippen molar-refractivity contribution in [2.24, 2.45) is 4.99 Å². The van der Waals surface area contributed by atoms with Gasteiger partial charge in [0, 0.05) is 43.7 Å². The molecule has 21 heavy (non-hydrogen) atoms. The van der Waals surface area contributed by atoms with E-state index in [1.54, 1.807) is 14.0 Å². The molecule has 1 fully saturated rings. The van der Waals surface area contributed by atoms with Crippen molar-refractivity contribution in [1.82, 2.24) is 14.9 Å². The molecule has 0 saturated carbocycles. The molecule has 9 heteroatoms. The van der Waals surface area contributed by atoms with Crippen LogP contribution in [-0.4, -0.2) is 68.8 Å². The van der Waals surface area contributed by atoms with Gasteiger partial charge in [-0.2, -0.15) is 11.8 Å². The summed E-state index contributed by atoms with van der Waals surface area (Å²) in [6, 6.07) is 0. The third kappa shape index (κ3) is 7.89. The fraction of sp³-hybridized carbons (Fsp3) is 0.917. The molecule has 0 spiro atoms. The van der Waals surface area contributed by atoms with Crippen LogP contribution in [0.5, 0.6) is 0 Å². The number of hydrogen-bond donors (Lipinski definition) is 2. The first kappa shape index (κ1) is 21.3. The van der Waals surface area contributed by atoms with E-state index in [0.29, 0.717) is 13.1 Å². The van der Waals surface area contributed by atoms with Crippen LogP contribution in [0, 0.1) is 0 Å². The largest absolute Gasteiger partial charge is 0.355 e. The molecule has 2 N–H and O–H groups in total. The van der Waals surface area contributed by atoms with Crippen LogP contribution in [0.4, 0.5) is 0 Å². The van der Waals surface area contributed by atoms with Gasteiger partial charge in [-0.25, -0.2) is 13.1 Å². The van der Waals surface area contributed by atoms with Crippen LogP contribution < -0.4 is 10.0 Å². The highest BCUT2D eigenvalue weighted by Crippen LogP contribution is 2.29. The van der Waals surface area contributed by atoms with Crippen LogP contribution in [0.2, 0.25) is 0 Å². The summed E-state index contributed by atoms with van der Waals surface area (Å²) in [5.41, 5.74) is 0. The number of nitrogens with one attached hydrogen (secondary N) is 2. The third-order valence-electron chi connectivity index (χ3n) is 3.05. The lowest BCUT2D eigenvalue weighted by molar-refractivity contribution is 0.376. The number of guanidine groups is 1. The Balaban J connectivity index is 0.00000400. The van der Waals surface area contributed by atoms with Crippen molar-refractivity contribution in [3.05, 3.63) is 0 Å². The average molecular weight is 450 g/mol. The zero-order chi connectivity index (χ0) is 15.2. The van der Waals surface area contributed by atoms with Gasteiger partial charge in [0.25, 0.3) is 0 Å². The van der Waals surface area contributed by atoms with Crippen molar-refractivity contribution in [3.8, 4) is 0 Å². The lowest BCUT2D eigenvalue weighted by atomic mass is 10.2. The molecule has 0 radical (unpaired) electrons. The fourth-order valence-electron chi connectivity index (χ4n) is 2.01. The zero-order valence-corrected chi connectivity index (χ0v) is 17.1. The molecule has 0 aromatic heterocycles. The van der Waals surface area contributed by atoms with E-state index in [0.717, 1.165) is 24.8 Å². The third-order valence-corrected chi connectivity index (χ3v) is 5.75. The molecule has 0 bridgehead atoms. The fourth-order valence-corrected chi connectivity index (χ4v) is 3.74. The molecular formula is C12H27IN4O2S2. The average Bonchev–Trinajstić information content (AvgIpc) is 2.37. The lowest BCUT2D eigenvalue weighted by Crippen LogP contribution is -2.51. The predicted molar refractivity (Wildman–Crippen MR) is 102 cm³/mol. The summed E-state index contributed by atoms with van der Waals surface area (Å²) in [4.78, 5) is 6.50. The first-order valence-corrected chi connectivity index (χ1v) is 9.50. The van der Waals surface area contributed by atoms with Crippen LogP contribution in [0.15, 0.2) is 4.99 Å². The zero-order valence-electron chi connectivity index (χ0n) is 13.2. The molecule has 0 aromatic rings. The first-order valence-electron chi connectivity index (χ1n) is 6.86. The summed E-state index contributed by atoms with van der Waals surface area (Å²) >= 11 is 1.97. The molecule has 0 amide bonds. The Morgan fingerprint density at radius 2 is 2.05 bits per heavy atom. The maximum atomic E-state index is 11.3. The highest BCUT2D eigenvalue weighted by atomic mass is 127. The Bertz CT molecular complexity index is 441. The summed E-state index contributed by atoms with van der Waals surface area (Å²) in [7, 11) is -1.36. The number of sulfonamides is 1. The van der Waals surface area contributed by atoms with E-state index < -0.39 is 10.0 Å². The molecule has 0 aliphatic carbocycles. The van der Waals surface area contributed by atoms with Gasteiger partial charge in [0.05, 0.1) is 5.75 Å². The Hall–Kier alpha value is 0.260. The molecule has 1 aliphatic heterocycles. The Labute approximate surface area is 150 Å². The molecule has 1 rings (SSSR count). The normalized spacial score (nSPS) is 19.0. The van der Waals surface area contributed by atoms with E-state index in [1.807, 2.05) is 11.8 Å². The van der Waals surface area contributed by atoms with E-state index >= 15 is 0 Å². The molecule has 1 aliphatic rings. The number of halogens is 1. The standard InChI is InChI=1S/C12H26N4O2S2.HI/c1-5-20(17,18)15-7-6-14-11(13-4)16-8-9-19-12(2,3)10-16;/h15H,5-10H2,1-4H3,(H,13,14);1H. The Kier molecular flexibility index (Phi) is 9.53. The van der Waals surface area contributed by atoms with Gasteiger partial charge in [0.1, 0.15) is 0 Å². The smallest absolute Gasteiger partial charge is 0.211 e. The van der Waals surface area contributed by atoms with Gasteiger partial charge < -0.3 is 10.2 Å². The molecule has 0 atom stereocenters. The predicted octanol–water partition coefficient (Wildman–Crippen LogP) is 0.947. The van der Waals surface area contributed by atoms with Crippen LogP contribution in [-0.2, 0) is 10.0 Å². The van der Waals surface area contributed by atoms with E-state index in [2.05, 4.69) is 33.8 Å². The van der Waals surface area contributed by atoms with Gasteiger partial charge in [-0.3, -0.25) is 4.99 Å². The summed E-state index contributed by atoms with van der Waals surface area (Å²) in [6.45, 7) is 8.91. The molecule has 1 heterocycles. The van der Waals surface area contributed by atoms with Crippen molar-refractivity contribution in [3.63, 3.8) is 0 Å². The minimum absolute atomic E-state index is 0. The van der Waals surface area contributed by atoms with Gasteiger partial charge in [-0.1, -0.05) is 0 Å². The number of nitrogens with zero attached hydrogens (tertiary/aromatic N) is 2. The first-order chi connectivity index (χ1) is 9.29. The summed E-state index contributed by atoms with van der Waals surface area (Å²) in [5.74, 6) is 2.03. The van der Waals surface area contributed by atoms with E-state index in [4.69, 9.17) is 0 Å². The quantitative estimate of drug-likeness (QED) is 0.283. The molecule has 6 nitrogen and oxygen atoms in total. The molecule has 1 saturated heterocycles. The van der Waals surface area contributed by atoms with Gasteiger partial charge >= 0.3 is 0 Å². The maximum Gasteiger partial charge on any atom is 0.211 e. The Morgan fingerprint density at radius 3 is 2.57 bits per heavy atom. The molecule has 0 unspecified atom stereocenters. The van der Waals surface area contributed by atoms with Crippen LogP contribution >= 0.6 is 35.7 Å². The van der Waals surface area contributed by atoms with E-state index in [1.165, 1.54) is 0 Å². The van der Waals surface area contributed by atoms with Gasteiger partial charge in [-0.15, -0.1) is 24.0 Å². The van der Waals surface area contributed by atoms with Crippen molar-refractivity contribution < 1.29 is 8.42 Å². The number of rotatable bonds is 5. The van der Waals surface area contributed by atoms with Crippen LogP contribution in [0.1, 0.15) is 20.8 Å². The lowest BCUT2D eigenvalue weighted by Gasteiger charge is -2.39. The number of aliphatic imine (C=N–C) groups is 1. The van der Waals surface area contributed by atoms with Crippen molar-refractivity contribution >= 4 is 51.7 Å². The minimum Gasteiger partial charge on any atom is -0.355 e. The molecule has 126 valence electrons. The number of thioether (sulfide) groups is 1. The molecular weight excluding hydrogens is 423 g/mol. The van der Waals surface area contributed by atoms with Crippen molar-refractivity contribution in [1.29, 1.82) is 0 Å². The van der Waals surface area contributed by atoms with Crippen molar-refractivity contribution in [2.75, 3.05) is 44.7 Å². The second kappa shape index (κ2) is 9.41. The number of hydrogen-bond acceptors (Lipinski definition) is 4. The second-order valence-electron chi connectivity index (χ2n) is 5.30. The topological polar surface area (TPSA) is 73.8 Å². The monoisotopic (exact) mass is 450 g/mol. The summed E-state index contributed by atoms with van der Waals surface area (Å²) in [5, 5.41) is 3.21. The van der Waals surface area contributed by atoms with E-state index in [-0.39, 0.29) is 34.5 Å². The van der Waals surface area contributed by atoms with Gasteiger partial charge in [-0.05, 0) is 20.8 Å². The van der Waals surface area contributed by atoms with Crippen molar-refractivity contribution in [2.45, 2.75) is 25.5 Å². The summed E-state index contributed by atoms with van der Waals surface area (Å²) in [6.07, 6.45) is 0. The second-order valence-corrected chi connectivity index (χ2v) is 9.20. The highest BCUT2D eigenvalue weighted by Gasteiger charge is 2.28.